The largest absolute Gasteiger partial charge is 0.465 e. The minimum Gasteiger partial charge on any atom is -0.465 e. The molecule has 0 saturated carbocycles. The number of methoxy groups -OCH3 is 1. The molecule has 27 heavy (non-hydrogen) atoms. The van der Waals surface area contributed by atoms with E-state index in [1.807, 2.05) is 24.3 Å². The van der Waals surface area contributed by atoms with Crippen LogP contribution in [0.4, 0.5) is 11.4 Å². The molecule has 1 atom stereocenters. The summed E-state index contributed by atoms with van der Waals surface area (Å²) in [5, 5.41) is 2.87. The maximum absolute atomic E-state index is 12.5. The highest BCUT2D eigenvalue weighted by molar-refractivity contribution is 6.04. The van der Waals surface area contributed by atoms with Crippen LogP contribution in [0.5, 0.6) is 0 Å². The number of aryl methyl sites for hydroxylation is 1. The fourth-order valence-corrected chi connectivity index (χ4v) is 3.12. The predicted octanol–water partition coefficient (Wildman–Crippen LogP) is 3.03. The second-order valence-corrected chi connectivity index (χ2v) is 6.49. The first kappa shape index (κ1) is 18.6. The first-order chi connectivity index (χ1) is 13.0. The van der Waals surface area contributed by atoms with Gasteiger partial charge in [-0.15, -0.1) is 0 Å². The summed E-state index contributed by atoms with van der Waals surface area (Å²) in [5.74, 6) is -1.23. The van der Waals surface area contributed by atoms with E-state index in [2.05, 4.69) is 12.2 Å². The number of hydrogen-bond acceptors (Lipinski definition) is 4. The monoisotopic (exact) mass is 366 g/mol. The average Bonchev–Trinajstić information content (AvgIpc) is 3.10. The zero-order valence-corrected chi connectivity index (χ0v) is 15.4. The van der Waals surface area contributed by atoms with Crippen LogP contribution in [0.25, 0.3) is 0 Å². The molecule has 0 aromatic heterocycles. The Hall–Kier alpha value is -3.15. The molecule has 1 saturated heterocycles. The molecule has 1 unspecified atom stereocenters. The summed E-state index contributed by atoms with van der Waals surface area (Å²) in [6.07, 6.45) is 1.08. The summed E-state index contributed by atoms with van der Waals surface area (Å²) >= 11 is 0. The number of rotatable bonds is 5. The molecule has 1 fully saturated rings. The molecule has 3 rings (SSSR count). The number of carbonyl (C=O) groups is 3. The molecular weight excluding hydrogens is 344 g/mol. The normalized spacial score (nSPS) is 16.3. The molecule has 0 bridgehead atoms. The predicted molar refractivity (Wildman–Crippen MR) is 103 cm³/mol. The molecule has 0 aliphatic carbocycles. The van der Waals surface area contributed by atoms with Crippen LogP contribution in [0.2, 0.25) is 0 Å². The molecule has 0 spiro atoms. The lowest BCUT2D eigenvalue weighted by atomic mass is 10.1. The number of nitrogens with one attached hydrogen (secondary N) is 1. The molecule has 1 aliphatic rings. The second-order valence-electron chi connectivity index (χ2n) is 6.49. The summed E-state index contributed by atoms with van der Waals surface area (Å²) < 4.78 is 4.72. The Labute approximate surface area is 158 Å². The highest BCUT2D eigenvalue weighted by Gasteiger charge is 2.35. The van der Waals surface area contributed by atoms with Crippen LogP contribution in [-0.2, 0) is 20.7 Å². The van der Waals surface area contributed by atoms with Crippen LogP contribution in [0.15, 0.2) is 48.5 Å². The summed E-state index contributed by atoms with van der Waals surface area (Å²) in [7, 11) is 1.31. The average molecular weight is 366 g/mol. The van der Waals surface area contributed by atoms with E-state index >= 15 is 0 Å². The van der Waals surface area contributed by atoms with E-state index in [9.17, 15) is 14.4 Å². The molecular formula is C21H22N2O4. The van der Waals surface area contributed by atoms with Crippen molar-refractivity contribution in [1.29, 1.82) is 0 Å². The van der Waals surface area contributed by atoms with Gasteiger partial charge in [-0.1, -0.05) is 25.1 Å². The highest BCUT2D eigenvalue weighted by atomic mass is 16.5. The Morgan fingerprint density at radius 1 is 1.19 bits per heavy atom. The number of ether oxygens (including phenoxy) is 1. The minimum absolute atomic E-state index is 0.140. The molecule has 1 aliphatic heterocycles. The minimum atomic E-state index is -0.465. The van der Waals surface area contributed by atoms with Gasteiger partial charge in [-0.25, -0.2) is 4.79 Å². The third-order valence-corrected chi connectivity index (χ3v) is 4.70. The van der Waals surface area contributed by atoms with E-state index in [4.69, 9.17) is 4.74 Å². The molecule has 1 N–H and O–H groups in total. The van der Waals surface area contributed by atoms with E-state index in [1.54, 1.807) is 24.3 Å². The quantitative estimate of drug-likeness (QED) is 0.826. The van der Waals surface area contributed by atoms with E-state index in [1.165, 1.54) is 17.6 Å². The van der Waals surface area contributed by atoms with Gasteiger partial charge >= 0.3 is 5.97 Å². The van der Waals surface area contributed by atoms with Crippen LogP contribution in [0.1, 0.15) is 29.3 Å². The number of hydrogen-bond donors (Lipinski definition) is 1. The van der Waals surface area contributed by atoms with E-state index in [0.717, 1.165) is 12.1 Å². The molecule has 0 radical (unpaired) electrons. The van der Waals surface area contributed by atoms with E-state index < -0.39 is 11.9 Å². The van der Waals surface area contributed by atoms with E-state index in [-0.39, 0.29) is 24.8 Å². The van der Waals surface area contributed by atoms with Crippen LogP contribution >= 0.6 is 0 Å². The fraction of sp³-hybridized carbons (Fsp3) is 0.286. The van der Waals surface area contributed by atoms with E-state index in [0.29, 0.717) is 11.3 Å². The summed E-state index contributed by atoms with van der Waals surface area (Å²) in [5.41, 5.74) is 2.87. The van der Waals surface area contributed by atoms with Gasteiger partial charge in [0.05, 0.1) is 18.6 Å². The van der Waals surface area contributed by atoms with Gasteiger partial charge in [-0.2, -0.15) is 0 Å². The lowest BCUT2D eigenvalue weighted by Gasteiger charge is -2.17. The number of carbonyl (C=O) groups excluding carboxylic acids is 3. The Bertz CT molecular complexity index is 861. The SMILES string of the molecule is CCc1ccc(NC(=O)C2CC(=O)N(c3cccc(C(=O)OC)c3)C2)cc1. The van der Waals surface area contributed by atoms with Gasteiger partial charge < -0.3 is 15.0 Å². The zero-order valence-electron chi connectivity index (χ0n) is 15.4. The third kappa shape index (κ3) is 4.16. The second kappa shape index (κ2) is 8.03. The number of nitrogens with zero attached hydrogens (tertiary/aromatic N) is 1. The zero-order chi connectivity index (χ0) is 19.4. The standard InChI is InChI=1S/C21H22N2O4/c1-3-14-7-9-17(10-8-14)22-20(25)16-12-19(24)23(13-16)18-6-4-5-15(11-18)21(26)27-2/h4-11,16H,3,12-13H2,1-2H3,(H,22,25). The van der Waals surface area contributed by atoms with Gasteiger partial charge in [0.1, 0.15) is 0 Å². The lowest BCUT2D eigenvalue weighted by molar-refractivity contribution is -0.122. The number of benzene rings is 2. The highest BCUT2D eigenvalue weighted by Crippen LogP contribution is 2.27. The topological polar surface area (TPSA) is 75.7 Å². The number of amides is 2. The summed E-state index contributed by atoms with van der Waals surface area (Å²) in [6.45, 7) is 2.35. The molecule has 2 aromatic carbocycles. The molecule has 6 nitrogen and oxygen atoms in total. The van der Waals surface area contributed by atoms with Crippen LogP contribution in [0.3, 0.4) is 0 Å². The Balaban J connectivity index is 1.69. The number of esters is 1. The molecule has 140 valence electrons. The Morgan fingerprint density at radius 2 is 1.93 bits per heavy atom. The molecule has 6 heteroatoms. The van der Waals surface area contributed by atoms with Gasteiger partial charge in [0.2, 0.25) is 11.8 Å². The van der Waals surface area contributed by atoms with Crippen molar-refractivity contribution in [2.75, 3.05) is 23.9 Å². The fourth-order valence-electron chi connectivity index (χ4n) is 3.12. The van der Waals surface area contributed by atoms with Crippen molar-refractivity contribution < 1.29 is 19.1 Å². The maximum atomic E-state index is 12.5. The van der Waals surface area contributed by atoms with Gasteiger partial charge in [-0.3, -0.25) is 9.59 Å². The van der Waals surface area contributed by atoms with Crippen molar-refractivity contribution in [2.45, 2.75) is 19.8 Å². The van der Waals surface area contributed by atoms with Gasteiger partial charge in [0.15, 0.2) is 0 Å². The van der Waals surface area contributed by atoms with Crippen molar-refractivity contribution in [3.63, 3.8) is 0 Å². The van der Waals surface area contributed by atoms with Gasteiger partial charge in [0, 0.05) is 24.3 Å². The van der Waals surface area contributed by atoms with Crippen LogP contribution in [0, 0.1) is 5.92 Å². The molecule has 1 heterocycles. The van der Waals surface area contributed by atoms with Crippen molar-refractivity contribution in [2.24, 2.45) is 5.92 Å². The van der Waals surface area contributed by atoms with Gasteiger partial charge in [0.25, 0.3) is 0 Å². The van der Waals surface area contributed by atoms with Gasteiger partial charge in [-0.05, 0) is 42.3 Å². The maximum Gasteiger partial charge on any atom is 0.337 e. The summed E-state index contributed by atoms with van der Waals surface area (Å²) in [6, 6.07) is 14.3. The Morgan fingerprint density at radius 3 is 2.59 bits per heavy atom. The first-order valence-corrected chi connectivity index (χ1v) is 8.90. The number of anilines is 2. The van der Waals surface area contributed by atoms with Crippen molar-refractivity contribution in [3.05, 3.63) is 59.7 Å². The third-order valence-electron chi connectivity index (χ3n) is 4.70. The lowest BCUT2D eigenvalue weighted by Crippen LogP contribution is -2.28. The molecule has 2 amide bonds. The first-order valence-electron chi connectivity index (χ1n) is 8.90. The van der Waals surface area contributed by atoms with Crippen LogP contribution in [-0.4, -0.2) is 31.4 Å². The Kier molecular flexibility index (Phi) is 5.54. The molecule has 2 aromatic rings. The summed E-state index contributed by atoms with van der Waals surface area (Å²) in [4.78, 5) is 38.2. The van der Waals surface area contributed by atoms with Crippen LogP contribution < -0.4 is 10.2 Å². The smallest absolute Gasteiger partial charge is 0.337 e. The van der Waals surface area contributed by atoms with Crippen molar-refractivity contribution in [1.82, 2.24) is 0 Å². The van der Waals surface area contributed by atoms with Crippen molar-refractivity contribution in [3.8, 4) is 0 Å². The van der Waals surface area contributed by atoms with Crippen molar-refractivity contribution >= 4 is 29.2 Å².